The van der Waals surface area contributed by atoms with Crippen molar-refractivity contribution in [1.29, 1.82) is 0 Å². The minimum Gasteiger partial charge on any atom is -0.395 e. The average molecular weight is 406 g/mol. The molecule has 0 saturated carbocycles. The maximum Gasteiger partial charge on any atom is 0.256 e. The van der Waals surface area contributed by atoms with Crippen LogP contribution in [0.1, 0.15) is 75.3 Å². The Balaban J connectivity index is 1.86. The van der Waals surface area contributed by atoms with Gasteiger partial charge in [0, 0.05) is 35.3 Å². The molecule has 0 spiro atoms. The van der Waals surface area contributed by atoms with E-state index >= 15 is 0 Å². The number of ketones is 2. The van der Waals surface area contributed by atoms with Gasteiger partial charge >= 0.3 is 0 Å². The van der Waals surface area contributed by atoms with Gasteiger partial charge in [0.1, 0.15) is 0 Å². The topological polar surface area (TPSA) is 86.7 Å². The Bertz CT molecular complexity index is 1020. The molecule has 2 aliphatic rings. The Labute approximate surface area is 175 Å². The molecule has 6 nitrogen and oxygen atoms in total. The summed E-state index contributed by atoms with van der Waals surface area (Å²) in [5.74, 6) is -0.668. The lowest BCUT2D eigenvalue weighted by Crippen LogP contribution is -2.47. The number of likely N-dealkylation sites (tertiary alicyclic amines) is 1. The van der Waals surface area contributed by atoms with Gasteiger partial charge in [0.2, 0.25) is 0 Å². The molecule has 1 saturated heterocycles. The van der Waals surface area contributed by atoms with Crippen LogP contribution < -0.4 is 5.32 Å². The highest BCUT2D eigenvalue weighted by Crippen LogP contribution is 2.36. The summed E-state index contributed by atoms with van der Waals surface area (Å²) >= 11 is 0. The van der Waals surface area contributed by atoms with Crippen molar-refractivity contribution in [1.82, 2.24) is 4.90 Å². The van der Waals surface area contributed by atoms with E-state index in [0.29, 0.717) is 22.4 Å². The standard InChI is InChI=1S/C24H26N2O4/c1-14-6-5-7-15(2)26(14)24(30)19-11-10-18-20(21(19)25-12-13-27)23(29)17-9-4-3-8-16(17)22(18)28/h3-4,8-11,14-15,25,27H,5-7,12-13H2,1-2H3/t14-,15-/m0/s1. The summed E-state index contributed by atoms with van der Waals surface area (Å²) in [4.78, 5) is 41.8. The summed E-state index contributed by atoms with van der Waals surface area (Å²) in [6.07, 6.45) is 2.95. The Morgan fingerprint density at radius 3 is 2.27 bits per heavy atom. The van der Waals surface area contributed by atoms with Crippen LogP contribution in [-0.2, 0) is 0 Å². The van der Waals surface area contributed by atoms with Crippen LogP contribution in [0.25, 0.3) is 0 Å². The van der Waals surface area contributed by atoms with E-state index in [2.05, 4.69) is 5.32 Å². The van der Waals surface area contributed by atoms with E-state index in [1.54, 1.807) is 36.4 Å². The van der Waals surface area contributed by atoms with Crippen molar-refractivity contribution in [3.05, 3.63) is 64.2 Å². The van der Waals surface area contributed by atoms with Gasteiger partial charge in [-0.3, -0.25) is 14.4 Å². The molecule has 0 aromatic heterocycles. The van der Waals surface area contributed by atoms with Gasteiger partial charge in [0.05, 0.1) is 23.4 Å². The molecule has 30 heavy (non-hydrogen) atoms. The second kappa shape index (κ2) is 8.03. The molecule has 2 N–H and O–H groups in total. The van der Waals surface area contributed by atoms with Gasteiger partial charge in [-0.1, -0.05) is 24.3 Å². The summed E-state index contributed by atoms with van der Waals surface area (Å²) in [5, 5.41) is 12.4. The van der Waals surface area contributed by atoms with Crippen LogP contribution in [0.15, 0.2) is 36.4 Å². The number of piperidine rings is 1. The molecule has 2 aromatic carbocycles. The molecular formula is C24H26N2O4. The number of aliphatic hydroxyl groups is 1. The molecular weight excluding hydrogens is 380 g/mol. The first-order valence-electron chi connectivity index (χ1n) is 10.5. The predicted molar refractivity (Wildman–Crippen MR) is 114 cm³/mol. The van der Waals surface area contributed by atoms with Crippen LogP contribution in [-0.4, -0.2) is 52.7 Å². The van der Waals surface area contributed by atoms with Crippen molar-refractivity contribution >= 4 is 23.2 Å². The number of nitrogens with one attached hydrogen (secondary N) is 1. The normalized spacial score (nSPS) is 20.6. The first kappa shape index (κ1) is 20.3. The molecule has 0 radical (unpaired) electrons. The molecule has 6 heteroatoms. The van der Waals surface area contributed by atoms with Crippen molar-refractivity contribution in [3.63, 3.8) is 0 Å². The summed E-state index contributed by atoms with van der Waals surface area (Å²) in [6, 6.07) is 10.2. The molecule has 1 aliphatic heterocycles. The number of fused-ring (bicyclic) bond motifs is 2. The maximum absolute atomic E-state index is 13.6. The third-order valence-electron chi connectivity index (χ3n) is 6.17. The third kappa shape index (κ3) is 3.21. The Kier molecular flexibility index (Phi) is 5.43. The number of benzene rings is 2. The zero-order valence-electron chi connectivity index (χ0n) is 17.3. The van der Waals surface area contributed by atoms with Crippen LogP contribution in [0.3, 0.4) is 0 Å². The van der Waals surface area contributed by atoms with Crippen molar-refractivity contribution in [3.8, 4) is 0 Å². The van der Waals surface area contributed by atoms with Crippen LogP contribution in [0.4, 0.5) is 5.69 Å². The van der Waals surface area contributed by atoms with Crippen molar-refractivity contribution < 1.29 is 19.5 Å². The smallest absolute Gasteiger partial charge is 0.256 e. The van der Waals surface area contributed by atoms with Gasteiger partial charge < -0.3 is 15.3 Å². The second-order valence-electron chi connectivity index (χ2n) is 8.11. The van der Waals surface area contributed by atoms with Crippen molar-refractivity contribution in [2.75, 3.05) is 18.5 Å². The van der Waals surface area contributed by atoms with E-state index in [0.717, 1.165) is 19.3 Å². The minimum atomic E-state index is -0.282. The largest absolute Gasteiger partial charge is 0.395 e. The van der Waals surface area contributed by atoms with Gasteiger partial charge in [-0.2, -0.15) is 0 Å². The number of carbonyl (C=O) groups is 3. The van der Waals surface area contributed by atoms with E-state index < -0.39 is 0 Å². The molecule has 4 rings (SSSR count). The summed E-state index contributed by atoms with van der Waals surface area (Å²) < 4.78 is 0. The Morgan fingerprint density at radius 1 is 1.00 bits per heavy atom. The van der Waals surface area contributed by atoms with E-state index in [9.17, 15) is 19.5 Å². The van der Waals surface area contributed by atoms with Gasteiger partial charge in [-0.05, 0) is 45.2 Å². The number of hydrogen-bond acceptors (Lipinski definition) is 5. The van der Waals surface area contributed by atoms with E-state index in [1.807, 2.05) is 18.7 Å². The number of rotatable bonds is 4. The molecule has 1 fully saturated rings. The molecule has 0 bridgehead atoms. The first-order valence-corrected chi connectivity index (χ1v) is 10.5. The molecule has 1 amide bonds. The molecule has 1 aliphatic carbocycles. The fourth-order valence-corrected chi connectivity index (χ4v) is 4.69. The lowest BCUT2D eigenvalue weighted by molar-refractivity contribution is 0.0511. The second-order valence-corrected chi connectivity index (χ2v) is 8.11. The Hall–Kier alpha value is -2.99. The molecule has 1 heterocycles. The molecule has 2 atom stereocenters. The third-order valence-corrected chi connectivity index (χ3v) is 6.17. The van der Waals surface area contributed by atoms with Crippen LogP contribution >= 0.6 is 0 Å². The number of nitrogens with zero attached hydrogens (tertiary/aromatic N) is 1. The van der Waals surface area contributed by atoms with E-state index in [-0.39, 0.29) is 53.8 Å². The van der Waals surface area contributed by atoms with E-state index in [4.69, 9.17) is 0 Å². The maximum atomic E-state index is 13.6. The minimum absolute atomic E-state index is 0.0982. The molecule has 156 valence electrons. The number of anilines is 1. The van der Waals surface area contributed by atoms with Crippen LogP contribution in [0.2, 0.25) is 0 Å². The van der Waals surface area contributed by atoms with E-state index in [1.165, 1.54) is 0 Å². The first-order chi connectivity index (χ1) is 14.5. The molecule has 2 aromatic rings. The Morgan fingerprint density at radius 2 is 1.63 bits per heavy atom. The predicted octanol–water partition coefficient (Wildman–Crippen LogP) is 3.27. The van der Waals surface area contributed by atoms with Crippen LogP contribution in [0.5, 0.6) is 0 Å². The highest BCUT2D eigenvalue weighted by atomic mass is 16.3. The fourth-order valence-electron chi connectivity index (χ4n) is 4.69. The summed E-state index contributed by atoms with van der Waals surface area (Å²) in [6.45, 7) is 4.09. The van der Waals surface area contributed by atoms with Crippen molar-refractivity contribution in [2.24, 2.45) is 0 Å². The molecule has 0 unspecified atom stereocenters. The highest BCUT2D eigenvalue weighted by molar-refractivity contribution is 6.31. The van der Waals surface area contributed by atoms with Gasteiger partial charge in [-0.15, -0.1) is 0 Å². The lowest BCUT2D eigenvalue weighted by Gasteiger charge is -2.39. The highest BCUT2D eigenvalue weighted by Gasteiger charge is 2.36. The lowest BCUT2D eigenvalue weighted by atomic mass is 9.81. The quantitative estimate of drug-likeness (QED) is 0.694. The zero-order valence-corrected chi connectivity index (χ0v) is 17.3. The number of aliphatic hydroxyl groups excluding tert-OH is 1. The number of amides is 1. The SMILES string of the molecule is C[C@H]1CCC[C@H](C)N1C(=O)c1ccc2c(c1NCCO)C(=O)c1ccccc1C2=O. The van der Waals surface area contributed by atoms with Crippen LogP contribution in [0, 0.1) is 0 Å². The fraction of sp³-hybridized carbons (Fsp3) is 0.375. The number of carbonyl (C=O) groups excluding carboxylic acids is 3. The summed E-state index contributed by atoms with van der Waals surface area (Å²) in [5.41, 5.74) is 1.92. The van der Waals surface area contributed by atoms with Gasteiger partial charge in [0.15, 0.2) is 11.6 Å². The average Bonchev–Trinajstić information content (AvgIpc) is 2.75. The summed E-state index contributed by atoms with van der Waals surface area (Å²) in [7, 11) is 0. The number of hydrogen-bond donors (Lipinski definition) is 2. The zero-order chi connectivity index (χ0) is 21.4. The van der Waals surface area contributed by atoms with Crippen molar-refractivity contribution in [2.45, 2.75) is 45.2 Å². The van der Waals surface area contributed by atoms with Gasteiger partial charge in [-0.25, -0.2) is 0 Å². The van der Waals surface area contributed by atoms with Gasteiger partial charge in [0.25, 0.3) is 5.91 Å². The monoisotopic (exact) mass is 406 g/mol.